The molecule has 0 saturated carbocycles. The molecule has 0 unspecified atom stereocenters. The Morgan fingerprint density at radius 1 is 0.657 bits per heavy atom. The molecule has 0 spiro atoms. The third-order valence-electron chi connectivity index (χ3n) is 5.75. The van der Waals surface area contributed by atoms with E-state index in [0.717, 1.165) is 49.5 Å². The maximum atomic E-state index is 9.00. The zero-order valence-electron chi connectivity index (χ0n) is 20.4. The van der Waals surface area contributed by atoms with Crippen LogP contribution in [0.1, 0.15) is 16.7 Å². The van der Waals surface area contributed by atoms with Crippen LogP contribution in [0.2, 0.25) is 0 Å². The average Bonchev–Trinajstić information content (AvgIpc) is 2.90. The van der Waals surface area contributed by atoms with Crippen LogP contribution in [0.5, 0.6) is 0 Å². The number of terminal acetylenes is 1. The van der Waals surface area contributed by atoms with Crippen LogP contribution in [0.15, 0.2) is 48.5 Å². The molecule has 0 bridgehead atoms. The van der Waals surface area contributed by atoms with E-state index in [2.05, 4.69) is 21.8 Å². The molecule has 3 rings (SSSR count). The van der Waals surface area contributed by atoms with E-state index in [1.165, 1.54) is 0 Å². The summed E-state index contributed by atoms with van der Waals surface area (Å²) in [7, 11) is 0. The maximum Gasteiger partial charge on any atom is 0.0991 e. The fourth-order valence-corrected chi connectivity index (χ4v) is 3.73. The molecule has 1 aliphatic heterocycles. The first kappa shape index (κ1) is 26.7. The van der Waals surface area contributed by atoms with Gasteiger partial charge in [0.15, 0.2) is 0 Å². The predicted molar refractivity (Wildman–Crippen MR) is 136 cm³/mol. The molecule has 1 saturated heterocycles. The number of nitrogens with zero attached hydrogens (tertiary/aromatic N) is 3. The van der Waals surface area contributed by atoms with Crippen LogP contribution < -0.4 is 4.90 Å². The molecule has 2 aromatic rings. The summed E-state index contributed by atoms with van der Waals surface area (Å²) < 4.78 is 23.3. The van der Waals surface area contributed by atoms with Crippen LogP contribution in [0.4, 0.5) is 5.69 Å². The minimum atomic E-state index is 0.555. The summed E-state index contributed by atoms with van der Waals surface area (Å²) in [4.78, 5) is 4.54. The van der Waals surface area contributed by atoms with Crippen molar-refractivity contribution in [2.45, 2.75) is 6.54 Å². The molecular weight excluding hydrogens is 442 g/mol. The van der Waals surface area contributed by atoms with E-state index in [0.29, 0.717) is 58.4 Å². The molecule has 0 radical (unpaired) electrons. The number of nitriles is 1. The zero-order chi connectivity index (χ0) is 24.6. The van der Waals surface area contributed by atoms with Gasteiger partial charge in [0.1, 0.15) is 0 Å². The third kappa shape index (κ3) is 10.1. The molecule has 7 nitrogen and oxygen atoms in total. The van der Waals surface area contributed by atoms with Gasteiger partial charge in [-0.1, -0.05) is 18.1 Å². The molecule has 7 heteroatoms. The first-order valence-electron chi connectivity index (χ1n) is 12.1. The highest BCUT2D eigenvalue weighted by molar-refractivity contribution is 5.50. The quantitative estimate of drug-likeness (QED) is 0.630. The van der Waals surface area contributed by atoms with Gasteiger partial charge >= 0.3 is 0 Å². The molecule has 2 aromatic carbocycles. The summed E-state index contributed by atoms with van der Waals surface area (Å²) in [5.41, 5.74) is 3.80. The summed E-state index contributed by atoms with van der Waals surface area (Å²) in [6.45, 7) is 8.56. The van der Waals surface area contributed by atoms with E-state index < -0.39 is 0 Å². The van der Waals surface area contributed by atoms with Crippen molar-refractivity contribution in [3.63, 3.8) is 0 Å². The minimum absolute atomic E-state index is 0.555. The van der Waals surface area contributed by atoms with Gasteiger partial charge in [-0.05, 0) is 42.0 Å². The van der Waals surface area contributed by atoms with Crippen molar-refractivity contribution >= 4 is 5.69 Å². The highest BCUT2D eigenvalue weighted by atomic mass is 16.5. The van der Waals surface area contributed by atoms with E-state index in [1.54, 1.807) is 0 Å². The van der Waals surface area contributed by atoms with Crippen molar-refractivity contribution in [2.75, 3.05) is 83.9 Å². The lowest BCUT2D eigenvalue weighted by molar-refractivity contribution is 0.0211. The normalized spacial score (nSPS) is 18.1. The molecule has 0 atom stereocenters. The van der Waals surface area contributed by atoms with Crippen molar-refractivity contribution in [1.29, 1.82) is 5.26 Å². The lowest BCUT2D eigenvalue weighted by Crippen LogP contribution is -2.33. The maximum absolute atomic E-state index is 9.00. The Hall–Kier alpha value is -2.91. The van der Waals surface area contributed by atoms with E-state index in [4.69, 9.17) is 30.6 Å². The Labute approximate surface area is 209 Å². The van der Waals surface area contributed by atoms with Crippen molar-refractivity contribution < 1.29 is 18.9 Å². The van der Waals surface area contributed by atoms with Crippen LogP contribution in [0.25, 0.3) is 0 Å². The van der Waals surface area contributed by atoms with E-state index >= 15 is 0 Å². The van der Waals surface area contributed by atoms with Crippen LogP contribution in [-0.4, -0.2) is 83.9 Å². The van der Waals surface area contributed by atoms with Crippen molar-refractivity contribution in [3.05, 3.63) is 65.2 Å². The van der Waals surface area contributed by atoms with Gasteiger partial charge in [0.25, 0.3) is 0 Å². The van der Waals surface area contributed by atoms with Gasteiger partial charge in [0.05, 0.1) is 64.5 Å². The van der Waals surface area contributed by atoms with E-state index in [9.17, 15) is 0 Å². The molecule has 186 valence electrons. The monoisotopic (exact) mass is 477 g/mol. The summed E-state index contributed by atoms with van der Waals surface area (Å²) in [6, 6.07) is 17.9. The summed E-state index contributed by atoms with van der Waals surface area (Å²) in [6.07, 6.45) is 5.48. The highest BCUT2D eigenvalue weighted by Gasteiger charge is 2.09. The number of hydrogen-bond acceptors (Lipinski definition) is 7. The Balaban J connectivity index is 1.48. The standard InChI is InChI=1S/C28H35N3O4/c1-2-25-7-9-28(10-8-25)31-13-17-34-21-19-32-15-11-30(12-16-33-20-22-35-18-14-31)24-27-5-3-26(23-29)4-6-27/h1,3-10H,11-22,24H2. The second-order valence-electron chi connectivity index (χ2n) is 8.21. The Bertz CT molecular complexity index is 915. The molecular formula is C28H35N3O4. The molecule has 0 aromatic heterocycles. The summed E-state index contributed by atoms with van der Waals surface area (Å²) in [5, 5.41) is 9.00. The zero-order valence-corrected chi connectivity index (χ0v) is 20.4. The summed E-state index contributed by atoms with van der Waals surface area (Å²) in [5.74, 6) is 2.66. The van der Waals surface area contributed by atoms with Crippen LogP contribution >= 0.6 is 0 Å². The number of benzene rings is 2. The van der Waals surface area contributed by atoms with Gasteiger partial charge in [0.2, 0.25) is 0 Å². The fraction of sp³-hybridized carbons (Fsp3) is 0.464. The van der Waals surface area contributed by atoms with Gasteiger partial charge in [-0.2, -0.15) is 5.26 Å². The Kier molecular flexibility index (Phi) is 12.1. The first-order chi connectivity index (χ1) is 17.3. The highest BCUT2D eigenvalue weighted by Crippen LogP contribution is 2.15. The van der Waals surface area contributed by atoms with Crippen LogP contribution in [0.3, 0.4) is 0 Å². The van der Waals surface area contributed by atoms with Gasteiger partial charge in [0, 0.05) is 44.0 Å². The minimum Gasteiger partial charge on any atom is -0.378 e. The molecule has 1 fully saturated rings. The lowest BCUT2D eigenvalue weighted by Gasteiger charge is -2.25. The molecule has 0 amide bonds. The van der Waals surface area contributed by atoms with Crippen molar-refractivity contribution in [3.8, 4) is 18.4 Å². The van der Waals surface area contributed by atoms with E-state index in [-0.39, 0.29) is 0 Å². The molecule has 0 N–H and O–H groups in total. The van der Waals surface area contributed by atoms with Crippen LogP contribution in [0, 0.1) is 23.7 Å². The molecule has 35 heavy (non-hydrogen) atoms. The second kappa shape index (κ2) is 15.9. The molecule has 1 aliphatic rings. The predicted octanol–water partition coefficient (Wildman–Crippen LogP) is 2.93. The number of anilines is 1. The third-order valence-corrected chi connectivity index (χ3v) is 5.75. The SMILES string of the molecule is C#Cc1ccc(N2CCOCCOCCN(Cc3ccc(C#N)cc3)CCOCCOCC2)cc1. The van der Waals surface area contributed by atoms with E-state index in [1.807, 2.05) is 48.5 Å². The number of hydrogen-bond donors (Lipinski definition) is 0. The summed E-state index contributed by atoms with van der Waals surface area (Å²) >= 11 is 0. The first-order valence-corrected chi connectivity index (χ1v) is 12.1. The van der Waals surface area contributed by atoms with Gasteiger partial charge in [-0.15, -0.1) is 6.42 Å². The topological polar surface area (TPSA) is 67.2 Å². The van der Waals surface area contributed by atoms with Gasteiger partial charge in [-0.3, -0.25) is 4.90 Å². The molecule has 1 heterocycles. The lowest BCUT2D eigenvalue weighted by atomic mass is 10.1. The van der Waals surface area contributed by atoms with Gasteiger partial charge in [-0.25, -0.2) is 0 Å². The second-order valence-corrected chi connectivity index (χ2v) is 8.21. The fourth-order valence-electron chi connectivity index (χ4n) is 3.73. The smallest absolute Gasteiger partial charge is 0.0991 e. The van der Waals surface area contributed by atoms with Crippen LogP contribution in [-0.2, 0) is 25.5 Å². The van der Waals surface area contributed by atoms with Gasteiger partial charge < -0.3 is 23.8 Å². The molecule has 0 aliphatic carbocycles. The Morgan fingerprint density at radius 3 is 1.63 bits per heavy atom. The Morgan fingerprint density at radius 2 is 1.14 bits per heavy atom. The largest absolute Gasteiger partial charge is 0.378 e. The van der Waals surface area contributed by atoms with Crippen molar-refractivity contribution in [1.82, 2.24) is 4.90 Å². The van der Waals surface area contributed by atoms with Crippen molar-refractivity contribution in [2.24, 2.45) is 0 Å². The average molecular weight is 478 g/mol. The number of ether oxygens (including phenoxy) is 4. The number of rotatable bonds is 3.